The molecule has 0 saturated heterocycles. The van der Waals surface area contributed by atoms with Crippen molar-refractivity contribution in [3.63, 3.8) is 0 Å². The van der Waals surface area contributed by atoms with E-state index >= 15 is 0 Å². The van der Waals surface area contributed by atoms with Crippen molar-refractivity contribution >= 4 is 17.7 Å². The number of ether oxygens (including phenoxy) is 2. The summed E-state index contributed by atoms with van der Waals surface area (Å²) in [6.07, 6.45) is 4.08. The predicted molar refractivity (Wildman–Crippen MR) is 73.0 cm³/mol. The highest BCUT2D eigenvalue weighted by atomic mass is 35.5. The van der Waals surface area contributed by atoms with Crippen LogP contribution in [0.2, 0.25) is 5.02 Å². The molecule has 0 atom stereocenters. The Labute approximate surface area is 117 Å². The van der Waals surface area contributed by atoms with Gasteiger partial charge < -0.3 is 9.47 Å². The summed E-state index contributed by atoms with van der Waals surface area (Å²) in [5.74, 6) is 1.09. The zero-order valence-electron chi connectivity index (χ0n) is 11.2. The van der Waals surface area contributed by atoms with Gasteiger partial charge in [0, 0.05) is 0 Å². The fraction of sp³-hybridized carbons (Fsp3) is 0.500. The molecule has 1 aromatic rings. The lowest BCUT2D eigenvalue weighted by atomic mass is 9.96. The first-order valence-electron chi connectivity index (χ1n) is 6.16. The second-order valence-electron chi connectivity index (χ2n) is 4.54. The zero-order chi connectivity index (χ0) is 14.0. The Morgan fingerprint density at radius 3 is 2.53 bits per heavy atom. The van der Waals surface area contributed by atoms with Gasteiger partial charge in [-0.25, -0.2) is 4.79 Å². The number of rotatable bonds is 5. The van der Waals surface area contributed by atoms with Gasteiger partial charge in [0.25, 0.3) is 0 Å². The number of halogens is 1. The van der Waals surface area contributed by atoms with Gasteiger partial charge >= 0.3 is 0 Å². The Hall–Kier alpha value is -1.51. The van der Waals surface area contributed by atoms with E-state index < -0.39 is 5.54 Å². The Bertz CT molecular complexity index is 546. The summed E-state index contributed by atoms with van der Waals surface area (Å²) >= 11 is 6.39. The molecule has 0 amide bonds. The van der Waals surface area contributed by atoms with Gasteiger partial charge in [0.2, 0.25) is 6.08 Å². The van der Waals surface area contributed by atoms with Gasteiger partial charge in [0.05, 0.1) is 24.8 Å². The van der Waals surface area contributed by atoms with Crippen LogP contribution < -0.4 is 9.47 Å². The molecular formula is C14H16ClNO3. The maximum atomic E-state index is 10.6. The summed E-state index contributed by atoms with van der Waals surface area (Å²) in [7, 11) is 3.12. The van der Waals surface area contributed by atoms with Crippen LogP contribution in [0.5, 0.6) is 11.5 Å². The SMILES string of the molecule is CCc1c(C2(N=C=O)CC2)cc(OC)c(OC)c1Cl. The number of isocyanates is 1. The van der Waals surface area contributed by atoms with Crippen molar-refractivity contribution in [1.82, 2.24) is 0 Å². The van der Waals surface area contributed by atoms with Crippen LogP contribution in [-0.2, 0) is 16.8 Å². The van der Waals surface area contributed by atoms with Crippen LogP contribution in [-0.4, -0.2) is 20.3 Å². The molecule has 0 radical (unpaired) electrons. The molecule has 0 heterocycles. The van der Waals surface area contributed by atoms with Crippen molar-refractivity contribution in [1.29, 1.82) is 0 Å². The number of aliphatic imine (C=N–C) groups is 1. The number of benzene rings is 1. The zero-order valence-corrected chi connectivity index (χ0v) is 12.0. The van der Waals surface area contributed by atoms with Crippen LogP contribution in [0.25, 0.3) is 0 Å². The third kappa shape index (κ3) is 2.22. The van der Waals surface area contributed by atoms with Crippen molar-refractivity contribution in [2.45, 2.75) is 31.7 Å². The number of methoxy groups -OCH3 is 2. The molecule has 1 aliphatic carbocycles. The van der Waals surface area contributed by atoms with Crippen LogP contribution in [0.1, 0.15) is 30.9 Å². The molecule has 1 aliphatic rings. The molecule has 1 fully saturated rings. The minimum absolute atomic E-state index is 0.462. The Kier molecular flexibility index (Phi) is 3.83. The number of hydrogen-bond acceptors (Lipinski definition) is 4. The summed E-state index contributed by atoms with van der Waals surface area (Å²) in [6.45, 7) is 2.01. The normalized spacial score (nSPS) is 15.6. The molecule has 5 heteroatoms. The quantitative estimate of drug-likeness (QED) is 0.615. The van der Waals surface area contributed by atoms with Crippen molar-refractivity contribution in [2.24, 2.45) is 4.99 Å². The van der Waals surface area contributed by atoms with E-state index in [1.165, 1.54) is 0 Å². The molecule has 0 bridgehead atoms. The standard InChI is InChI=1S/C14H16ClNO3/c1-4-9-10(14(5-6-14)16-8-17)7-11(18-2)13(19-3)12(9)15/h7H,4-6H2,1-3H3. The van der Waals surface area contributed by atoms with E-state index in [9.17, 15) is 4.79 Å². The molecule has 0 spiro atoms. The Balaban J connectivity index is 2.67. The Morgan fingerprint density at radius 2 is 2.11 bits per heavy atom. The second-order valence-corrected chi connectivity index (χ2v) is 4.92. The lowest BCUT2D eigenvalue weighted by Gasteiger charge is -2.19. The molecule has 2 rings (SSSR count). The lowest BCUT2D eigenvalue weighted by Crippen LogP contribution is -2.09. The smallest absolute Gasteiger partial charge is 0.235 e. The van der Waals surface area contributed by atoms with Crippen molar-refractivity contribution in [3.8, 4) is 11.5 Å². The maximum absolute atomic E-state index is 10.6. The number of nitrogens with zero attached hydrogens (tertiary/aromatic N) is 1. The topological polar surface area (TPSA) is 47.9 Å². The summed E-state index contributed by atoms with van der Waals surface area (Å²) in [6, 6.07) is 1.87. The second kappa shape index (κ2) is 5.24. The van der Waals surface area contributed by atoms with E-state index in [2.05, 4.69) is 4.99 Å². The third-order valence-electron chi connectivity index (χ3n) is 3.55. The molecular weight excluding hydrogens is 266 g/mol. The largest absolute Gasteiger partial charge is 0.493 e. The minimum atomic E-state index is -0.462. The van der Waals surface area contributed by atoms with Crippen molar-refractivity contribution < 1.29 is 14.3 Å². The van der Waals surface area contributed by atoms with Crippen molar-refractivity contribution in [3.05, 3.63) is 22.2 Å². The van der Waals surface area contributed by atoms with E-state index in [1.54, 1.807) is 20.3 Å². The van der Waals surface area contributed by atoms with E-state index in [1.807, 2.05) is 13.0 Å². The van der Waals surface area contributed by atoms with Crippen LogP contribution in [0.3, 0.4) is 0 Å². The highest BCUT2D eigenvalue weighted by molar-refractivity contribution is 6.33. The molecule has 0 aromatic heterocycles. The van der Waals surface area contributed by atoms with Crippen LogP contribution in [0, 0.1) is 0 Å². The first-order valence-corrected chi connectivity index (χ1v) is 6.54. The van der Waals surface area contributed by atoms with Gasteiger partial charge in [-0.2, -0.15) is 4.99 Å². The molecule has 102 valence electrons. The molecule has 0 aliphatic heterocycles. The number of carbonyl (C=O) groups excluding carboxylic acids is 1. The van der Waals surface area contributed by atoms with Crippen molar-refractivity contribution in [2.75, 3.05) is 14.2 Å². The van der Waals surface area contributed by atoms with E-state index in [0.29, 0.717) is 16.5 Å². The van der Waals surface area contributed by atoms with Crippen LogP contribution in [0.15, 0.2) is 11.1 Å². The third-order valence-corrected chi connectivity index (χ3v) is 3.95. The average Bonchev–Trinajstić information content (AvgIpc) is 3.18. The highest BCUT2D eigenvalue weighted by Crippen LogP contribution is 2.54. The fourth-order valence-electron chi connectivity index (χ4n) is 2.40. The van der Waals surface area contributed by atoms with Gasteiger partial charge in [0.15, 0.2) is 11.5 Å². The van der Waals surface area contributed by atoms with E-state index in [4.69, 9.17) is 21.1 Å². The molecule has 0 N–H and O–H groups in total. The summed E-state index contributed by atoms with van der Waals surface area (Å²) < 4.78 is 10.6. The van der Waals surface area contributed by atoms with Crippen LogP contribution in [0.4, 0.5) is 0 Å². The average molecular weight is 282 g/mol. The monoisotopic (exact) mass is 281 g/mol. The maximum Gasteiger partial charge on any atom is 0.235 e. The lowest BCUT2D eigenvalue weighted by molar-refractivity contribution is 0.353. The Morgan fingerprint density at radius 1 is 1.42 bits per heavy atom. The molecule has 1 aromatic carbocycles. The van der Waals surface area contributed by atoms with Gasteiger partial charge in [-0.3, -0.25) is 0 Å². The predicted octanol–water partition coefficient (Wildman–Crippen LogP) is 3.24. The molecule has 4 nitrogen and oxygen atoms in total. The molecule has 19 heavy (non-hydrogen) atoms. The first kappa shape index (κ1) is 13.9. The summed E-state index contributed by atoms with van der Waals surface area (Å²) in [5.41, 5.74) is 1.44. The van der Waals surface area contributed by atoms with Gasteiger partial charge in [-0.05, 0) is 36.5 Å². The van der Waals surface area contributed by atoms with Gasteiger partial charge in [0.1, 0.15) is 0 Å². The fourth-order valence-corrected chi connectivity index (χ4v) is 2.80. The van der Waals surface area contributed by atoms with E-state index in [-0.39, 0.29) is 0 Å². The number of hydrogen-bond donors (Lipinski definition) is 0. The van der Waals surface area contributed by atoms with Crippen LogP contribution >= 0.6 is 11.6 Å². The van der Waals surface area contributed by atoms with Gasteiger partial charge in [-0.15, -0.1) is 0 Å². The van der Waals surface area contributed by atoms with E-state index in [0.717, 1.165) is 30.4 Å². The molecule has 0 unspecified atom stereocenters. The molecule has 1 saturated carbocycles. The summed E-state index contributed by atoms with van der Waals surface area (Å²) in [5, 5.41) is 0.534. The van der Waals surface area contributed by atoms with Gasteiger partial charge in [-0.1, -0.05) is 18.5 Å². The summed E-state index contributed by atoms with van der Waals surface area (Å²) in [4.78, 5) is 14.6. The highest BCUT2D eigenvalue weighted by Gasteiger charge is 2.47. The first-order chi connectivity index (χ1) is 9.13. The minimum Gasteiger partial charge on any atom is -0.493 e.